The van der Waals surface area contributed by atoms with Crippen LogP contribution in [0, 0.1) is 5.82 Å². The zero-order valence-corrected chi connectivity index (χ0v) is 13.9. The van der Waals surface area contributed by atoms with Gasteiger partial charge in [0.2, 0.25) is 11.8 Å². The number of rotatable bonds is 5. The van der Waals surface area contributed by atoms with Gasteiger partial charge in [-0.1, -0.05) is 24.3 Å². The van der Waals surface area contributed by atoms with E-state index < -0.39 is 11.7 Å². The van der Waals surface area contributed by atoms with Crippen molar-refractivity contribution in [2.45, 2.75) is 12.3 Å². The normalized spacial score (nSPS) is 15.9. The zero-order valence-electron chi connectivity index (χ0n) is 13.9. The van der Waals surface area contributed by atoms with Crippen LogP contribution in [0.1, 0.15) is 17.9 Å². The Labute approximate surface area is 145 Å². The fourth-order valence-corrected chi connectivity index (χ4v) is 2.85. The van der Waals surface area contributed by atoms with E-state index in [1.807, 2.05) is 30.3 Å². The number of fused-ring (bicyclic) bond motifs is 1. The molecule has 0 saturated heterocycles. The predicted molar refractivity (Wildman–Crippen MR) is 92.0 cm³/mol. The van der Waals surface area contributed by atoms with Crippen molar-refractivity contribution in [3.05, 3.63) is 59.9 Å². The van der Waals surface area contributed by atoms with Crippen molar-refractivity contribution in [1.29, 1.82) is 0 Å². The van der Waals surface area contributed by atoms with Gasteiger partial charge in [0, 0.05) is 19.2 Å². The summed E-state index contributed by atoms with van der Waals surface area (Å²) in [5.41, 5.74) is 1.00. The standard InChI is InChI=1S/C19H19FN2O3/c1-22(9-10-25-14-5-3-2-4-6-14)19(24)16-12-18(23)21-17-11-13(20)7-8-15(16)17/h2-8,11,16H,9-10,12H2,1H3,(H,21,23)/t16-/m0/s1. The predicted octanol–water partition coefficient (Wildman–Crippen LogP) is 2.79. The highest BCUT2D eigenvalue weighted by Gasteiger charge is 2.32. The van der Waals surface area contributed by atoms with Gasteiger partial charge in [-0.3, -0.25) is 9.59 Å². The molecule has 1 N–H and O–H groups in total. The minimum Gasteiger partial charge on any atom is -0.492 e. The van der Waals surface area contributed by atoms with Gasteiger partial charge in [0.05, 0.1) is 12.5 Å². The summed E-state index contributed by atoms with van der Waals surface area (Å²) in [6, 6.07) is 13.4. The number of ether oxygens (including phenoxy) is 1. The Hall–Kier alpha value is -2.89. The van der Waals surface area contributed by atoms with Crippen LogP contribution in [0.3, 0.4) is 0 Å². The molecule has 0 saturated carbocycles. The van der Waals surface area contributed by atoms with Crippen molar-refractivity contribution >= 4 is 17.5 Å². The average molecular weight is 342 g/mol. The molecule has 1 aliphatic rings. The van der Waals surface area contributed by atoms with Crippen molar-refractivity contribution in [1.82, 2.24) is 4.90 Å². The molecule has 0 aromatic heterocycles. The summed E-state index contributed by atoms with van der Waals surface area (Å²) in [6.45, 7) is 0.740. The lowest BCUT2D eigenvalue weighted by atomic mass is 9.89. The van der Waals surface area contributed by atoms with Crippen molar-refractivity contribution < 1.29 is 18.7 Å². The number of nitrogens with one attached hydrogen (secondary N) is 1. The first-order valence-electron chi connectivity index (χ1n) is 8.06. The fourth-order valence-electron chi connectivity index (χ4n) is 2.85. The third-order valence-corrected chi connectivity index (χ3v) is 4.17. The first-order chi connectivity index (χ1) is 12.0. The van der Waals surface area contributed by atoms with Gasteiger partial charge < -0.3 is 15.0 Å². The van der Waals surface area contributed by atoms with Gasteiger partial charge >= 0.3 is 0 Å². The molecule has 2 aromatic rings. The lowest BCUT2D eigenvalue weighted by Crippen LogP contribution is -2.38. The van der Waals surface area contributed by atoms with Gasteiger partial charge in [-0.25, -0.2) is 4.39 Å². The monoisotopic (exact) mass is 342 g/mol. The Balaban J connectivity index is 1.65. The number of benzene rings is 2. The van der Waals surface area contributed by atoms with Crippen LogP contribution in [-0.4, -0.2) is 36.9 Å². The smallest absolute Gasteiger partial charge is 0.230 e. The zero-order chi connectivity index (χ0) is 17.8. The van der Waals surface area contributed by atoms with Gasteiger partial charge in [-0.2, -0.15) is 0 Å². The molecule has 6 heteroatoms. The summed E-state index contributed by atoms with van der Waals surface area (Å²) in [7, 11) is 1.67. The van der Waals surface area contributed by atoms with Crippen molar-refractivity contribution in [2.75, 3.05) is 25.5 Å². The maximum Gasteiger partial charge on any atom is 0.230 e. The first kappa shape index (κ1) is 17.0. The molecule has 0 unspecified atom stereocenters. The van der Waals surface area contributed by atoms with Gasteiger partial charge in [-0.05, 0) is 29.8 Å². The Morgan fingerprint density at radius 1 is 1.28 bits per heavy atom. The number of carbonyl (C=O) groups excluding carboxylic acids is 2. The highest BCUT2D eigenvalue weighted by molar-refractivity contribution is 6.01. The minimum atomic E-state index is -0.605. The molecule has 0 fully saturated rings. The number of para-hydroxylation sites is 1. The fraction of sp³-hybridized carbons (Fsp3) is 0.263. The quantitative estimate of drug-likeness (QED) is 0.909. The average Bonchev–Trinajstić information content (AvgIpc) is 2.60. The third kappa shape index (κ3) is 3.96. The van der Waals surface area contributed by atoms with E-state index in [0.717, 1.165) is 5.75 Å². The maximum absolute atomic E-state index is 13.4. The second-order valence-electron chi connectivity index (χ2n) is 5.96. The molecular weight excluding hydrogens is 323 g/mol. The summed E-state index contributed by atoms with van der Waals surface area (Å²) in [4.78, 5) is 26.1. The molecule has 0 spiro atoms. The molecular formula is C19H19FN2O3. The van der Waals surface area contributed by atoms with Crippen LogP contribution in [-0.2, 0) is 9.59 Å². The van der Waals surface area contributed by atoms with E-state index in [-0.39, 0.29) is 18.2 Å². The number of hydrogen-bond donors (Lipinski definition) is 1. The van der Waals surface area contributed by atoms with E-state index in [9.17, 15) is 14.0 Å². The lowest BCUT2D eigenvalue weighted by Gasteiger charge is -2.28. The van der Waals surface area contributed by atoms with Crippen LogP contribution in [0.15, 0.2) is 48.5 Å². The second kappa shape index (κ2) is 7.34. The summed E-state index contributed by atoms with van der Waals surface area (Å²) in [5.74, 6) is -0.784. The highest BCUT2D eigenvalue weighted by Crippen LogP contribution is 2.33. The summed E-state index contributed by atoms with van der Waals surface area (Å²) < 4.78 is 19.0. The van der Waals surface area contributed by atoms with Crippen LogP contribution in [0.4, 0.5) is 10.1 Å². The molecule has 0 bridgehead atoms. The molecule has 5 nitrogen and oxygen atoms in total. The minimum absolute atomic E-state index is 0.0569. The summed E-state index contributed by atoms with van der Waals surface area (Å²) >= 11 is 0. The van der Waals surface area contributed by atoms with Crippen LogP contribution in [0.5, 0.6) is 5.75 Å². The number of anilines is 1. The van der Waals surface area contributed by atoms with E-state index in [0.29, 0.717) is 24.4 Å². The number of carbonyl (C=O) groups is 2. The third-order valence-electron chi connectivity index (χ3n) is 4.17. The van der Waals surface area contributed by atoms with Gasteiger partial charge in [0.25, 0.3) is 0 Å². The summed E-state index contributed by atoms with van der Waals surface area (Å²) in [6.07, 6.45) is 0.0569. The van der Waals surface area contributed by atoms with Crippen LogP contribution in [0.25, 0.3) is 0 Å². The number of nitrogens with zero attached hydrogens (tertiary/aromatic N) is 1. The van der Waals surface area contributed by atoms with Crippen LogP contribution in [0.2, 0.25) is 0 Å². The van der Waals surface area contributed by atoms with Crippen LogP contribution < -0.4 is 10.1 Å². The maximum atomic E-state index is 13.4. The van der Waals surface area contributed by atoms with Gasteiger partial charge in [0.1, 0.15) is 18.2 Å². The molecule has 1 aliphatic heterocycles. The van der Waals surface area contributed by atoms with E-state index in [4.69, 9.17) is 4.74 Å². The molecule has 1 atom stereocenters. The molecule has 2 aromatic carbocycles. The number of likely N-dealkylation sites (N-methyl/N-ethyl adjacent to an activating group) is 1. The van der Waals surface area contributed by atoms with Gasteiger partial charge in [0.15, 0.2) is 0 Å². The molecule has 3 rings (SSSR count). The Morgan fingerprint density at radius 2 is 2.04 bits per heavy atom. The molecule has 130 valence electrons. The lowest BCUT2D eigenvalue weighted by molar-refractivity contribution is -0.134. The molecule has 0 aliphatic carbocycles. The van der Waals surface area contributed by atoms with Crippen molar-refractivity contribution in [3.63, 3.8) is 0 Å². The molecule has 0 radical (unpaired) electrons. The Bertz CT molecular complexity index is 779. The van der Waals surface area contributed by atoms with Crippen LogP contribution >= 0.6 is 0 Å². The summed E-state index contributed by atoms with van der Waals surface area (Å²) in [5, 5.41) is 2.61. The van der Waals surface area contributed by atoms with Gasteiger partial charge in [-0.15, -0.1) is 0 Å². The number of halogens is 1. The Kier molecular flexibility index (Phi) is 4.97. The number of amides is 2. The first-order valence-corrected chi connectivity index (χ1v) is 8.06. The largest absolute Gasteiger partial charge is 0.492 e. The Morgan fingerprint density at radius 3 is 2.80 bits per heavy atom. The van der Waals surface area contributed by atoms with E-state index >= 15 is 0 Å². The number of hydrogen-bond acceptors (Lipinski definition) is 3. The van der Waals surface area contributed by atoms with E-state index in [1.165, 1.54) is 12.1 Å². The molecule has 2 amide bonds. The van der Waals surface area contributed by atoms with E-state index in [1.54, 1.807) is 18.0 Å². The van der Waals surface area contributed by atoms with Crippen molar-refractivity contribution in [2.24, 2.45) is 0 Å². The molecule has 1 heterocycles. The molecule has 25 heavy (non-hydrogen) atoms. The van der Waals surface area contributed by atoms with E-state index in [2.05, 4.69) is 5.32 Å². The topological polar surface area (TPSA) is 58.6 Å². The highest BCUT2D eigenvalue weighted by atomic mass is 19.1. The second-order valence-corrected chi connectivity index (χ2v) is 5.96. The van der Waals surface area contributed by atoms with Crippen molar-refractivity contribution in [3.8, 4) is 5.75 Å². The SMILES string of the molecule is CN(CCOc1ccccc1)C(=O)[C@H]1CC(=O)Nc2cc(F)ccc21.